The van der Waals surface area contributed by atoms with Crippen molar-refractivity contribution in [2.75, 3.05) is 17.2 Å². The number of nitrogens with zero attached hydrogens (tertiary/aromatic N) is 2. The third kappa shape index (κ3) is 6.44. The molecule has 3 N–H and O–H groups in total. The number of carbonyl (C=O) groups is 2. The standard InChI is InChI=1S/C19H13F6N5O3/c20-18(21,22)11-2-1-3-12(8-11)26-14(31)9-33-13-6-4-10(5-7-13)15(32)27-17-28-16(29-30-17)19(23,24)25/h1-8H,9H2,(H,26,31)(H2,27,28,29,30,32). The molecule has 0 fully saturated rings. The van der Waals surface area contributed by atoms with Gasteiger partial charge in [0.15, 0.2) is 6.61 Å². The molecule has 33 heavy (non-hydrogen) atoms. The Hall–Kier alpha value is -4.10. The van der Waals surface area contributed by atoms with E-state index in [9.17, 15) is 35.9 Å². The second-order valence-electron chi connectivity index (χ2n) is 6.40. The minimum absolute atomic E-state index is 0.0362. The average molecular weight is 473 g/mol. The van der Waals surface area contributed by atoms with Crippen molar-refractivity contribution in [3.8, 4) is 5.75 Å². The lowest BCUT2D eigenvalue weighted by Gasteiger charge is -2.10. The molecule has 2 amide bonds. The first kappa shape index (κ1) is 23.6. The zero-order chi connectivity index (χ0) is 24.2. The fourth-order valence-corrected chi connectivity index (χ4v) is 2.44. The van der Waals surface area contributed by atoms with Crippen LogP contribution in [0.3, 0.4) is 0 Å². The number of H-pyrrole nitrogens is 1. The van der Waals surface area contributed by atoms with E-state index in [-0.39, 0.29) is 17.0 Å². The van der Waals surface area contributed by atoms with E-state index in [4.69, 9.17) is 4.74 Å². The summed E-state index contributed by atoms with van der Waals surface area (Å²) >= 11 is 0. The average Bonchev–Trinajstić information content (AvgIpc) is 3.21. The van der Waals surface area contributed by atoms with Gasteiger partial charge in [-0.1, -0.05) is 6.07 Å². The normalized spacial score (nSPS) is 11.7. The van der Waals surface area contributed by atoms with E-state index >= 15 is 0 Å². The first-order valence-corrected chi connectivity index (χ1v) is 8.93. The van der Waals surface area contributed by atoms with E-state index in [0.29, 0.717) is 0 Å². The molecule has 1 aromatic heterocycles. The number of nitrogens with one attached hydrogen (secondary N) is 3. The van der Waals surface area contributed by atoms with E-state index in [1.807, 2.05) is 0 Å². The minimum Gasteiger partial charge on any atom is -0.484 e. The van der Waals surface area contributed by atoms with Crippen molar-refractivity contribution in [3.63, 3.8) is 0 Å². The predicted octanol–water partition coefficient (Wildman–Crippen LogP) is 4.11. The lowest BCUT2D eigenvalue weighted by molar-refractivity contribution is -0.144. The van der Waals surface area contributed by atoms with Gasteiger partial charge < -0.3 is 10.1 Å². The highest BCUT2D eigenvalue weighted by Crippen LogP contribution is 2.30. The number of benzene rings is 2. The zero-order valence-corrected chi connectivity index (χ0v) is 16.2. The monoisotopic (exact) mass is 473 g/mol. The van der Waals surface area contributed by atoms with Crippen LogP contribution in [0.1, 0.15) is 21.7 Å². The summed E-state index contributed by atoms with van der Waals surface area (Å²) in [6, 6.07) is 9.23. The van der Waals surface area contributed by atoms with Gasteiger partial charge in [0.25, 0.3) is 11.8 Å². The third-order valence-corrected chi connectivity index (χ3v) is 3.94. The number of alkyl halides is 6. The number of amides is 2. The van der Waals surface area contributed by atoms with Crippen LogP contribution in [0.5, 0.6) is 5.75 Å². The van der Waals surface area contributed by atoms with Crippen LogP contribution in [0.4, 0.5) is 38.0 Å². The molecule has 1 heterocycles. The first-order chi connectivity index (χ1) is 15.4. The molecule has 0 aliphatic carbocycles. The van der Waals surface area contributed by atoms with E-state index < -0.39 is 48.1 Å². The van der Waals surface area contributed by atoms with Gasteiger partial charge >= 0.3 is 12.4 Å². The quantitative estimate of drug-likeness (QED) is 0.467. The van der Waals surface area contributed by atoms with Crippen LogP contribution in [0.25, 0.3) is 0 Å². The molecule has 0 aliphatic rings. The Morgan fingerprint density at radius 3 is 2.24 bits per heavy atom. The highest BCUT2D eigenvalue weighted by Gasteiger charge is 2.35. The minimum atomic E-state index is -4.75. The summed E-state index contributed by atoms with van der Waals surface area (Å²) in [4.78, 5) is 27.1. The maximum Gasteiger partial charge on any atom is 0.451 e. The van der Waals surface area contributed by atoms with Crippen molar-refractivity contribution in [1.29, 1.82) is 0 Å². The van der Waals surface area contributed by atoms with Crippen molar-refractivity contribution < 1.29 is 40.7 Å². The first-order valence-electron chi connectivity index (χ1n) is 8.93. The smallest absolute Gasteiger partial charge is 0.451 e. The van der Waals surface area contributed by atoms with Gasteiger partial charge in [0.05, 0.1) is 5.56 Å². The number of carbonyl (C=O) groups excluding carboxylic acids is 2. The van der Waals surface area contributed by atoms with Gasteiger partial charge in [0.2, 0.25) is 11.8 Å². The molecule has 14 heteroatoms. The van der Waals surface area contributed by atoms with E-state index in [1.165, 1.54) is 30.3 Å². The van der Waals surface area contributed by atoms with Crippen LogP contribution in [-0.2, 0) is 17.1 Å². The molecule has 0 bridgehead atoms. The van der Waals surface area contributed by atoms with Gasteiger partial charge in [-0.15, -0.1) is 5.10 Å². The van der Waals surface area contributed by atoms with Gasteiger partial charge in [-0.05, 0) is 42.5 Å². The summed E-state index contributed by atoms with van der Waals surface area (Å²) in [6.07, 6.45) is -9.30. The molecule has 0 radical (unpaired) electrons. The maximum absolute atomic E-state index is 12.7. The molecule has 8 nitrogen and oxygen atoms in total. The molecule has 0 saturated carbocycles. The van der Waals surface area contributed by atoms with Gasteiger partial charge in [-0.3, -0.25) is 20.0 Å². The van der Waals surface area contributed by atoms with Gasteiger partial charge in [-0.25, -0.2) is 0 Å². The fraction of sp³-hybridized carbons (Fsp3) is 0.158. The molecule has 3 aromatic rings. The zero-order valence-electron chi connectivity index (χ0n) is 16.2. The Labute approximate surface area is 181 Å². The Morgan fingerprint density at radius 2 is 1.64 bits per heavy atom. The summed E-state index contributed by atoms with van der Waals surface area (Å²) in [6.45, 7) is -0.529. The van der Waals surface area contributed by atoms with Crippen molar-refractivity contribution >= 4 is 23.5 Å². The molecule has 174 valence electrons. The Bertz CT molecular complexity index is 1140. The summed E-state index contributed by atoms with van der Waals surface area (Å²) in [7, 11) is 0. The third-order valence-electron chi connectivity index (χ3n) is 3.94. The SMILES string of the molecule is O=C(COc1ccc(C(=O)Nc2n[nH]c(C(F)(F)F)n2)cc1)Nc1cccc(C(F)(F)F)c1. The van der Waals surface area contributed by atoms with E-state index in [1.54, 1.807) is 5.10 Å². The molecule has 0 spiro atoms. The lowest BCUT2D eigenvalue weighted by Crippen LogP contribution is -2.20. The van der Waals surface area contributed by atoms with Gasteiger partial charge in [-0.2, -0.15) is 31.3 Å². The Morgan fingerprint density at radius 1 is 0.939 bits per heavy atom. The molecule has 0 atom stereocenters. The van der Waals surface area contributed by atoms with Crippen LogP contribution in [0.2, 0.25) is 0 Å². The summed E-state index contributed by atoms with van der Waals surface area (Å²) in [5.74, 6) is -3.30. The fourth-order valence-electron chi connectivity index (χ4n) is 2.44. The molecule has 0 unspecified atom stereocenters. The second-order valence-corrected chi connectivity index (χ2v) is 6.40. The number of ether oxygens (including phenoxy) is 1. The topological polar surface area (TPSA) is 109 Å². The largest absolute Gasteiger partial charge is 0.484 e. The van der Waals surface area contributed by atoms with Crippen molar-refractivity contribution in [1.82, 2.24) is 15.2 Å². The van der Waals surface area contributed by atoms with Crippen LogP contribution in [0.15, 0.2) is 48.5 Å². The molecule has 3 rings (SSSR count). The van der Waals surface area contributed by atoms with Crippen molar-refractivity contribution in [2.24, 2.45) is 0 Å². The Balaban J connectivity index is 1.52. The summed E-state index contributed by atoms with van der Waals surface area (Å²) in [5.41, 5.74) is -0.949. The summed E-state index contributed by atoms with van der Waals surface area (Å²) < 4.78 is 80.8. The van der Waals surface area contributed by atoms with Crippen molar-refractivity contribution in [3.05, 3.63) is 65.5 Å². The number of aromatic amines is 1. The molecule has 2 aromatic carbocycles. The summed E-state index contributed by atoms with van der Waals surface area (Å²) in [5, 5.41) is 9.25. The molecule has 0 saturated heterocycles. The number of halogens is 6. The predicted molar refractivity (Wildman–Crippen MR) is 101 cm³/mol. The van der Waals surface area contributed by atoms with Crippen molar-refractivity contribution in [2.45, 2.75) is 12.4 Å². The van der Waals surface area contributed by atoms with Crippen LogP contribution in [-0.4, -0.2) is 33.6 Å². The highest BCUT2D eigenvalue weighted by molar-refractivity contribution is 6.03. The number of hydrogen-bond donors (Lipinski definition) is 3. The van der Waals surface area contributed by atoms with Gasteiger partial charge in [0.1, 0.15) is 5.75 Å². The number of anilines is 2. The number of rotatable bonds is 6. The second kappa shape index (κ2) is 9.18. The molecular formula is C19H13F6N5O3. The van der Waals surface area contributed by atoms with Crippen LogP contribution >= 0.6 is 0 Å². The molecule has 0 aliphatic heterocycles. The number of aromatic nitrogens is 3. The highest BCUT2D eigenvalue weighted by atomic mass is 19.4. The van der Waals surface area contributed by atoms with Gasteiger partial charge in [0, 0.05) is 11.3 Å². The molecular weight excluding hydrogens is 460 g/mol. The lowest BCUT2D eigenvalue weighted by atomic mass is 10.2. The Kier molecular flexibility index (Phi) is 6.55. The van der Waals surface area contributed by atoms with Crippen LogP contribution < -0.4 is 15.4 Å². The maximum atomic E-state index is 12.7. The van der Waals surface area contributed by atoms with E-state index in [2.05, 4.69) is 20.7 Å². The van der Waals surface area contributed by atoms with E-state index in [0.717, 1.165) is 18.2 Å². The van der Waals surface area contributed by atoms with Crippen LogP contribution in [0, 0.1) is 0 Å². The number of hydrogen-bond acceptors (Lipinski definition) is 5.